The van der Waals surface area contributed by atoms with Crippen molar-refractivity contribution in [3.05, 3.63) is 206 Å². The van der Waals surface area contributed by atoms with Crippen LogP contribution in [0.15, 0.2) is 194 Å². The second kappa shape index (κ2) is 15.5. The minimum atomic E-state index is 0.648. The predicted molar refractivity (Wildman–Crippen MR) is 273 cm³/mol. The zero-order valence-corrected chi connectivity index (χ0v) is 36.7. The zero-order valence-electron chi connectivity index (χ0n) is 35.0. The molecule has 0 saturated carbocycles. The second-order valence-corrected chi connectivity index (χ2v) is 18.6. The van der Waals surface area contributed by atoms with Crippen LogP contribution in [-0.2, 0) is 6.42 Å². The Bertz CT molecular complexity index is 3810. The van der Waals surface area contributed by atoms with Gasteiger partial charge in [-0.15, -0.1) is 22.7 Å². The van der Waals surface area contributed by atoms with Crippen molar-refractivity contribution in [1.29, 1.82) is 0 Å². The summed E-state index contributed by atoms with van der Waals surface area (Å²) in [5.41, 5.74) is 12.2. The number of allylic oxidation sites excluding steroid dienone is 1. The minimum Gasteiger partial charge on any atom is -0.296 e. The van der Waals surface area contributed by atoms with Crippen molar-refractivity contribution in [3.8, 4) is 73.5 Å². The van der Waals surface area contributed by atoms with Crippen molar-refractivity contribution in [1.82, 2.24) is 24.5 Å². The summed E-state index contributed by atoms with van der Waals surface area (Å²) < 4.78 is 7.35. The molecule has 4 aromatic heterocycles. The third-order valence-corrected chi connectivity index (χ3v) is 14.9. The van der Waals surface area contributed by atoms with Crippen LogP contribution in [0.25, 0.3) is 120 Å². The summed E-state index contributed by atoms with van der Waals surface area (Å²) in [6.45, 7) is 0. The first-order valence-corrected chi connectivity index (χ1v) is 23.6. The number of imidazole rings is 1. The van der Waals surface area contributed by atoms with Crippen LogP contribution in [0.3, 0.4) is 0 Å². The number of aromatic nitrogens is 5. The van der Waals surface area contributed by atoms with Crippen LogP contribution in [0, 0.1) is 0 Å². The molecule has 12 aromatic rings. The number of para-hydroxylation sites is 1. The normalized spacial score (nSPS) is 12.4. The molecule has 65 heavy (non-hydrogen) atoms. The van der Waals surface area contributed by atoms with Gasteiger partial charge in [-0.3, -0.25) is 4.57 Å². The Kier molecular flexibility index (Phi) is 8.96. The van der Waals surface area contributed by atoms with Crippen molar-refractivity contribution in [2.24, 2.45) is 0 Å². The molecule has 0 bridgehead atoms. The van der Waals surface area contributed by atoms with E-state index in [0.717, 1.165) is 57.9 Å². The summed E-state index contributed by atoms with van der Waals surface area (Å²) >= 11 is 3.65. The van der Waals surface area contributed by atoms with Gasteiger partial charge in [0.1, 0.15) is 5.82 Å². The summed E-state index contributed by atoms with van der Waals surface area (Å²) in [4.78, 5) is 20.5. The summed E-state index contributed by atoms with van der Waals surface area (Å²) in [6, 6.07) is 67.0. The molecule has 0 radical (unpaired) electrons. The number of hydrogen-bond donors (Lipinski definition) is 0. The lowest BCUT2D eigenvalue weighted by Crippen LogP contribution is -2.04. The lowest BCUT2D eigenvalue weighted by molar-refractivity contribution is 0.878. The number of fused-ring (bicyclic) bond motifs is 7. The van der Waals surface area contributed by atoms with E-state index in [1.54, 1.807) is 11.3 Å². The number of thiophene rings is 2. The molecule has 0 saturated heterocycles. The van der Waals surface area contributed by atoms with Gasteiger partial charge < -0.3 is 0 Å². The van der Waals surface area contributed by atoms with E-state index in [2.05, 4.69) is 187 Å². The molecule has 0 aliphatic heterocycles. The van der Waals surface area contributed by atoms with Gasteiger partial charge in [0.2, 0.25) is 0 Å². The van der Waals surface area contributed by atoms with E-state index in [1.165, 1.54) is 62.7 Å². The predicted octanol–water partition coefficient (Wildman–Crippen LogP) is 15.8. The van der Waals surface area contributed by atoms with Gasteiger partial charge in [-0.1, -0.05) is 158 Å². The molecular formula is C58H37N5S2. The van der Waals surface area contributed by atoms with E-state index in [-0.39, 0.29) is 0 Å². The second-order valence-electron chi connectivity index (χ2n) is 16.5. The van der Waals surface area contributed by atoms with Gasteiger partial charge in [-0.05, 0) is 77.6 Å². The quantitative estimate of drug-likeness (QED) is 0.160. The number of rotatable bonds is 7. The molecule has 8 aromatic carbocycles. The van der Waals surface area contributed by atoms with Crippen LogP contribution < -0.4 is 0 Å². The van der Waals surface area contributed by atoms with Gasteiger partial charge in [0.25, 0.3) is 0 Å². The van der Waals surface area contributed by atoms with Crippen LogP contribution in [0.1, 0.15) is 17.8 Å². The maximum Gasteiger partial charge on any atom is 0.164 e. The first-order chi connectivity index (χ1) is 32.2. The smallest absolute Gasteiger partial charge is 0.164 e. The van der Waals surface area contributed by atoms with Crippen LogP contribution in [0.5, 0.6) is 0 Å². The van der Waals surface area contributed by atoms with Gasteiger partial charge in [0.05, 0.1) is 11.4 Å². The Balaban J connectivity index is 0.845. The maximum absolute atomic E-state index is 5.18. The highest BCUT2D eigenvalue weighted by molar-refractivity contribution is 7.26. The summed E-state index contributed by atoms with van der Waals surface area (Å²) in [5, 5.41) is 4.93. The molecule has 306 valence electrons. The fraction of sp³-hybridized carbons (Fsp3) is 0.0345. The molecule has 0 fully saturated rings. The van der Waals surface area contributed by atoms with Crippen molar-refractivity contribution in [2.75, 3.05) is 0 Å². The highest BCUT2D eigenvalue weighted by Crippen LogP contribution is 2.43. The monoisotopic (exact) mass is 867 g/mol. The molecule has 0 atom stereocenters. The Labute approximate surface area is 383 Å². The fourth-order valence-electron chi connectivity index (χ4n) is 9.43. The minimum absolute atomic E-state index is 0.648. The topological polar surface area (TPSA) is 56.5 Å². The Morgan fingerprint density at radius 2 is 1.03 bits per heavy atom. The average Bonchev–Trinajstić information content (AvgIpc) is 4.08. The summed E-state index contributed by atoms with van der Waals surface area (Å²) in [7, 11) is 0. The maximum atomic E-state index is 5.18. The van der Waals surface area contributed by atoms with Crippen molar-refractivity contribution in [2.45, 2.75) is 12.8 Å². The van der Waals surface area contributed by atoms with E-state index < -0.39 is 0 Å². The molecule has 5 nitrogen and oxygen atoms in total. The first kappa shape index (κ1) is 37.7. The first-order valence-electron chi connectivity index (χ1n) is 21.9. The Morgan fingerprint density at radius 3 is 1.86 bits per heavy atom. The SMILES string of the molecule is C1=Cc2nc(-c3ccc(-c4ccc5sc6c(-c7ccc(-c8nc(-c9ccccc9)nc(-c9cccc%10sc%11ccccc%11c9%10)n8)cc7)cccc6c5c4)cc3)n(-c3ccccc3)c2CC1. The van der Waals surface area contributed by atoms with Gasteiger partial charge in [-0.2, -0.15) is 0 Å². The van der Waals surface area contributed by atoms with E-state index in [0.29, 0.717) is 17.5 Å². The third kappa shape index (κ3) is 6.50. The van der Waals surface area contributed by atoms with Gasteiger partial charge >= 0.3 is 0 Å². The molecule has 1 aliphatic rings. The largest absolute Gasteiger partial charge is 0.296 e. The van der Waals surface area contributed by atoms with Crippen LogP contribution in [0.2, 0.25) is 0 Å². The number of nitrogens with zero attached hydrogens (tertiary/aromatic N) is 5. The fourth-order valence-corrected chi connectivity index (χ4v) is 11.8. The molecule has 13 rings (SSSR count). The van der Waals surface area contributed by atoms with Crippen LogP contribution in [0.4, 0.5) is 0 Å². The molecule has 4 heterocycles. The Morgan fingerprint density at radius 1 is 0.415 bits per heavy atom. The highest BCUT2D eigenvalue weighted by atomic mass is 32.1. The van der Waals surface area contributed by atoms with Crippen molar-refractivity contribution < 1.29 is 0 Å². The van der Waals surface area contributed by atoms with E-state index >= 15 is 0 Å². The van der Waals surface area contributed by atoms with E-state index in [4.69, 9.17) is 19.9 Å². The van der Waals surface area contributed by atoms with E-state index in [1.807, 2.05) is 29.5 Å². The molecule has 7 heteroatoms. The number of benzene rings is 8. The van der Waals surface area contributed by atoms with Crippen LogP contribution in [-0.4, -0.2) is 24.5 Å². The third-order valence-electron chi connectivity index (χ3n) is 12.6. The van der Waals surface area contributed by atoms with Gasteiger partial charge in [-0.25, -0.2) is 19.9 Å². The Hall–Kier alpha value is -7.84. The molecule has 0 unspecified atom stereocenters. The van der Waals surface area contributed by atoms with Crippen LogP contribution >= 0.6 is 22.7 Å². The summed E-state index contributed by atoms with van der Waals surface area (Å²) in [5.74, 6) is 2.96. The molecule has 0 spiro atoms. The van der Waals surface area contributed by atoms with E-state index in [9.17, 15) is 0 Å². The summed E-state index contributed by atoms with van der Waals surface area (Å²) in [6.07, 6.45) is 6.41. The molecule has 0 N–H and O–H groups in total. The standard InChI is InChI=1S/C58H37N5S2/c1-3-13-38(14-4-1)55-60-56(62-57(61-55)46-20-12-24-52-53(46)45-17-7-10-23-50(45)64-52)39-29-27-37(28-30-39)43-18-11-19-44-47-35-41(33-34-51(47)65-54(43)44)36-25-31-40(32-26-36)58-59-48-21-8-9-22-49(48)63(58)42-15-5-2-6-16-42/h1-8,10-21,23-35H,9,22H2. The average molecular weight is 868 g/mol. The van der Waals surface area contributed by atoms with Crippen molar-refractivity contribution >= 4 is 69.1 Å². The lowest BCUT2D eigenvalue weighted by atomic mass is 9.99. The van der Waals surface area contributed by atoms with Gasteiger partial charge in [0.15, 0.2) is 17.5 Å². The number of hydrogen-bond acceptors (Lipinski definition) is 6. The van der Waals surface area contributed by atoms with Gasteiger partial charge in [0, 0.05) is 68.3 Å². The molecule has 1 aliphatic carbocycles. The molecular weight excluding hydrogens is 831 g/mol. The zero-order chi connectivity index (χ0) is 42.8. The molecule has 0 amide bonds. The highest BCUT2D eigenvalue weighted by Gasteiger charge is 2.21. The van der Waals surface area contributed by atoms with Crippen molar-refractivity contribution in [3.63, 3.8) is 0 Å². The lowest BCUT2D eigenvalue weighted by Gasteiger charge is -2.14.